The number of hydrogen-bond donors (Lipinski definition) is 1. The highest BCUT2D eigenvalue weighted by atomic mass is 35.5. The van der Waals surface area contributed by atoms with Crippen molar-refractivity contribution in [1.29, 1.82) is 0 Å². The van der Waals surface area contributed by atoms with Gasteiger partial charge in [-0.3, -0.25) is 9.69 Å². The molecule has 0 aliphatic carbocycles. The summed E-state index contributed by atoms with van der Waals surface area (Å²) >= 11 is 6.19. The van der Waals surface area contributed by atoms with E-state index in [1.54, 1.807) is 0 Å². The van der Waals surface area contributed by atoms with Crippen molar-refractivity contribution >= 4 is 23.2 Å². The van der Waals surface area contributed by atoms with Gasteiger partial charge in [0.25, 0.3) is 5.91 Å². The molecule has 0 saturated heterocycles. The number of carbonyl (C=O) groups excluding carboxylic acids is 1. The highest BCUT2D eigenvalue weighted by Gasteiger charge is 2.18. The first-order chi connectivity index (χ1) is 7.58. The SMILES string of the molecule is CN(C)C(Cl)c1ccc2c(c1)NC(=O)CO2. The molecule has 0 spiro atoms. The molecule has 16 heavy (non-hydrogen) atoms. The van der Waals surface area contributed by atoms with Gasteiger partial charge in [-0.05, 0) is 31.8 Å². The predicted octanol–water partition coefficient (Wildman–Crippen LogP) is 1.82. The number of benzene rings is 1. The molecule has 86 valence electrons. The van der Waals surface area contributed by atoms with Crippen LogP contribution in [0.15, 0.2) is 18.2 Å². The molecule has 0 bridgehead atoms. The van der Waals surface area contributed by atoms with Crippen molar-refractivity contribution in [1.82, 2.24) is 4.90 Å². The van der Waals surface area contributed by atoms with Gasteiger partial charge in [-0.15, -0.1) is 11.6 Å². The van der Waals surface area contributed by atoms with Gasteiger partial charge in [0.1, 0.15) is 11.3 Å². The summed E-state index contributed by atoms with van der Waals surface area (Å²) in [6.07, 6.45) is 0. The number of alkyl halides is 1. The van der Waals surface area contributed by atoms with Crippen molar-refractivity contribution in [3.8, 4) is 5.75 Å². The number of ether oxygens (including phenoxy) is 1. The van der Waals surface area contributed by atoms with Crippen molar-refractivity contribution < 1.29 is 9.53 Å². The average Bonchev–Trinajstić information content (AvgIpc) is 2.26. The van der Waals surface area contributed by atoms with Gasteiger partial charge < -0.3 is 10.1 Å². The first kappa shape index (κ1) is 11.2. The van der Waals surface area contributed by atoms with Gasteiger partial charge in [-0.25, -0.2) is 0 Å². The quantitative estimate of drug-likeness (QED) is 0.633. The van der Waals surface area contributed by atoms with Crippen LogP contribution < -0.4 is 10.1 Å². The second-order valence-corrected chi connectivity index (χ2v) is 4.31. The lowest BCUT2D eigenvalue weighted by atomic mass is 10.1. The Morgan fingerprint density at radius 3 is 2.94 bits per heavy atom. The fourth-order valence-corrected chi connectivity index (χ4v) is 1.68. The minimum Gasteiger partial charge on any atom is -0.482 e. The summed E-state index contributed by atoms with van der Waals surface area (Å²) in [5.41, 5.74) is 1.39. The van der Waals surface area contributed by atoms with E-state index in [9.17, 15) is 4.79 Å². The molecule has 5 heteroatoms. The summed E-state index contributed by atoms with van der Waals surface area (Å²) in [4.78, 5) is 13.0. The highest BCUT2D eigenvalue weighted by Crippen LogP contribution is 2.32. The molecule has 0 aromatic heterocycles. The lowest BCUT2D eigenvalue weighted by Crippen LogP contribution is -2.25. The molecule has 1 aliphatic rings. The largest absolute Gasteiger partial charge is 0.482 e. The Labute approximate surface area is 99.1 Å². The number of rotatable bonds is 2. The smallest absolute Gasteiger partial charge is 0.262 e. The normalized spacial score (nSPS) is 16.4. The number of hydrogen-bond acceptors (Lipinski definition) is 3. The maximum Gasteiger partial charge on any atom is 0.262 e. The maximum absolute atomic E-state index is 11.2. The molecule has 1 heterocycles. The monoisotopic (exact) mass is 240 g/mol. The standard InChI is InChI=1S/C11H13ClN2O2/c1-14(2)11(12)7-3-4-9-8(5-7)13-10(15)6-16-9/h3-5,11H,6H2,1-2H3,(H,13,15). The van der Waals surface area contributed by atoms with E-state index in [2.05, 4.69) is 5.32 Å². The third-order valence-corrected chi connectivity index (χ3v) is 3.01. The summed E-state index contributed by atoms with van der Waals surface area (Å²) in [6, 6.07) is 5.56. The van der Waals surface area contributed by atoms with Crippen molar-refractivity contribution in [3.63, 3.8) is 0 Å². The summed E-state index contributed by atoms with van der Waals surface area (Å²) in [5, 5.41) is 2.75. The van der Waals surface area contributed by atoms with Gasteiger partial charge in [0, 0.05) is 0 Å². The van der Waals surface area contributed by atoms with Gasteiger partial charge in [0.05, 0.1) is 5.69 Å². The fourth-order valence-electron chi connectivity index (χ4n) is 1.55. The zero-order valence-corrected chi connectivity index (χ0v) is 9.91. The Bertz CT molecular complexity index is 420. The second-order valence-electron chi connectivity index (χ2n) is 3.89. The first-order valence-corrected chi connectivity index (χ1v) is 5.38. The molecule has 0 saturated carbocycles. The topological polar surface area (TPSA) is 41.6 Å². The van der Waals surface area contributed by atoms with Crippen LogP contribution in [0.4, 0.5) is 5.69 Å². The number of anilines is 1. The van der Waals surface area contributed by atoms with Crippen LogP contribution in [0.1, 0.15) is 11.1 Å². The van der Waals surface area contributed by atoms with Crippen LogP contribution >= 0.6 is 11.6 Å². The van der Waals surface area contributed by atoms with Gasteiger partial charge in [-0.1, -0.05) is 6.07 Å². The van der Waals surface area contributed by atoms with Crippen LogP contribution in [0.3, 0.4) is 0 Å². The molecular formula is C11H13ClN2O2. The number of nitrogens with zero attached hydrogens (tertiary/aromatic N) is 1. The maximum atomic E-state index is 11.2. The van der Waals surface area contributed by atoms with Crippen molar-refractivity contribution in [2.45, 2.75) is 5.50 Å². The van der Waals surface area contributed by atoms with Crippen LogP contribution in [-0.2, 0) is 4.79 Å². The first-order valence-electron chi connectivity index (χ1n) is 4.95. The second kappa shape index (κ2) is 4.31. The summed E-state index contributed by atoms with van der Waals surface area (Å²) < 4.78 is 5.26. The number of carbonyl (C=O) groups is 1. The molecule has 1 aliphatic heterocycles. The Morgan fingerprint density at radius 2 is 2.25 bits per heavy atom. The summed E-state index contributed by atoms with van der Waals surface area (Å²) in [5.74, 6) is 0.548. The van der Waals surface area contributed by atoms with Gasteiger partial charge >= 0.3 is 0 Å². The van der Waals surface area contributed by atoms with E-state index >= 15 is 0 Å². The molecule has 1 amide bonds. The Kier molecular flexibility index (Phi) is 3.03. The Balaban J connectivity index is 2.31. The van der Waals surface area contributed by atoms with Gasteiger partial charge in [0.2, 0.25) is 0 Å². The number of halogens is 1. The number of fused-ring (bicyclic) bond motifs is 1. The molecule has 0 fully saturated rings. The van der Waals surface area contributed by atoms with Gasteiger partial charge in [-0.2, -0.15) is 0 Å². The minimum absolute atomic E-state index is 0.0737. The van der Waals surface area contributed by atoms with E-state index in [4.69, 9.17) is 16.3 Å². The fraction of sp³-hybridized carbons (Fsp3) is 0.364. The molecule has 1 N–H and O–H groups in total. The predicted molar refractivity (Wildman–Crippen MR) is 62.8 cm³/mol. The van der Waals surface area contributed by atoms with E-state index in [-0.39, 0.29) is 18.0 Å². The van der Waals surface area contributed by atoms with E-state index in [0.717, 1.165) is 5.56 Å². The minimum atomic E-state index is -0.218. The van der Waals surface area contributed by atoms with Crippen molar-refractivity contribution in [2.24, 2.45) is 0 Å². The van der Waals surface area contributed by atoms with Crippen LogP contribution in [0.25, 0.3) is 0 Å². The number of amides is 1. The Morgan fingerprint density at radius 1 is 1.50 bits per heavy atom. The molecule has 0 radical (unpaired) electrons. The van der Waals surface area contributed by atoms with Gasteiger partial charge in [0.15, 0.2) is 6.61 Å². The number of nitrogens with one attached hydrogen (secondary N) is 1. The third kappa shape index (κ3) is 2.13. The Hall–Kier alpha value is -1.26. The molecular weight excluding hydrogens is 228 g/mol. The molecule has 1 unspecified atom stereocenters. The summed E-state index contributed by atoms with van der Waals surface area (Å²) in [6.45, 7) is 0.0737. The lowest BCUT2D eigenvalue weighted by molar-refractivity contribution is -0.118. The van der Waals surface area contributed by atoms with Crippen LogP contribution in [-0.4, -0.2) is 31.5 Å². The highest BCUT2D eigenvalue weighted by molar-refractivity contribution is 6.20. The van der Waals surface area contributed by atoms with Crippen LogP contribution in [0.2, 0.25) is 0 Å². The molecule has 4 nitrogen and oxygen atoms in total. The zero-order valence-electron chi connectivity index (χ0n) is 9.16. The third-order valence-electron chi connectivity index (χ3n) is 2.36. The van der Waals surface area contributed by atoms with Crippen LogP contribution in [0, 0.1) is 0 Å². The average molecular weight is 241 g/mol. The molecule has 1 aromatic carbocycles. The van der Waals surface area contributed by atoms with Crippen molar-refractivity contribution in [3.05, 3.63) is 23.8 Å². The van der Waals surface area contributed by atoms with E-state index < -0.39 is 0 Å². The van der Waals surface area contributed by atoms with E-state index in [0.29, 0.717) is 11.4 Å². The molecule has 2 rings (SSSR count). The molecule has 1 aromatic rings. The zero-order chi connectivity index (χ0) is 11.7. The molecule has 1 atom stereocenters. The summed E-state index contributed by atoms with van der Waals surface area (Å²) in [7, 11) is 3.79. The lowest BCUT2D eigenvalue weighted by Gasteiger charge is -2.22. The van der Waals surface area contributed by atoms with Crippen LogP contribution in [0.5, 0.6) is 5.75 Å². The van der Waals surface area contributed by atoms with Crippen molar-refractivity contribution in [2.75, 3.05) is 26.0 Å². The van der Waals surface area contributed by atoms with E-state index in [1.165, 1.54) is 0 Å². The van der Waals surface area contributed by atoms with E-state index in [1.807, 2.05) is 37.2 Å².